The van der Waals surface area contributed by atoms with E-state index in [4.69, 9.17) is 10.2 Å². The normalized spacial score (nSPS) is 9.90. The first-order valence-electron chi connectivity index (χ1n) is 2.18. The van der Waals surface area contributed by atoms with Crippen LogP contribution in [0.2, 0.25) is 0 Å². The summed E-state index contributed by atoms with van der Waals surface area (Å²) in [5, 5.41) is 16.1. The van der Waals surface area contributed by atoms with Crippen molar-refractivity contribution < 1.29 is 19.8 Å². The molecule has 0 aliphatic heterocycles. The molecule has 0 atom stereocenters. The molecule has 0 unspecified atom stereocenters. The summed E-state index contributed by atoms with van der Waals surface area (Å²) < 4.78 is 0. The van der Waals surface area contributed by atoms with E-state index < -0.39 is 11.9 Å². The summed E-state index contributed by atoms with van der Waals surface area (Å²) in [5.74, 6) is -2.45. The van der Waals surface area contributed by atoms with E-state index in [1.54, 1.807) is 0 Å². The molecular weight excluding hydrogens is 147 g/mol. The van der Waals surface area contributed by atoms with Crippen LogP contribution < -0.4 is 0 Å². The molecule has 0 aliphatic carbocycles. The number of carboxylic acids is 2. The molecule has 0 bridgehead atoms. The van der Waals surface area contributed by atoms with Crippen molar-refractivity contribution in [3.8, 4) is 0 Å². The Morgan fingerprint density at radius 1 is 1.30 bits per heavy atom. The van der Waals surface area contributed by atoms with Gasteiger partial charge in [-0.05, 0) is 6.92 Å². The summed E-state index contributed by atoms with van der Waals surface area (Å²) in [5.41, 5.74) is -0.178. The summed E-state index contributed by atoms with van der Waals surface area (Å²) in [4.78, 5) is 19.7. The second kappa shape index (κ2) is 5.46. The molecule has 0 aromatic rings. The maximum absolute atomic E-state index is 9.90. The predicted octanol–water partition coefficient (Wildman–Crippen LogP) is -0.547. The van der Waals surface area contributed by atoms with Gasteiger partial charge in [0, 0.05) is 11.6 Å². The van der Waals surface area contributed by atoms with E-state index in [1.165, 1.54) is 6.92 Å². The summed E-state index contributed by atoms with van der Waals surface area (Å²) in [6.07, 6.45) is 0.641. The fraction of sp³-hybridized carbons (Fsp3) is 0.200. The molecule has 0 rings (SSSR count). The van der Waals surface area contributed by atoms with E-state index in [0.717, 1.165) is 0 Å². The van der Waals surface area contributed by atoms with E-state index >= 15 is 0 Å². The van der Waals surface area contributed by atoms with Gasteiger partial charge >= 0.3 is 41.5 Å². The van der Waals surface area contributed by atoms with Crippen molar-refractivity contribution in [1.29, 1.82) is 0 Å². The molecule has 0 fully saturated rings. The van der Waals surface area contributed by atoms with Crippen LogP contribution in [-0.2, 0) is 9.59 Å². The molecule has 5 heteroatoms. The molecule has 10 heavy (non-hydrogen) atoms. The third-order valence-electron chi connectivity index (χ3n) is 0.677. The van der Waals surface area contributed by atoms with Crippen LogP contribution >= 0.6 is 0 Å². The second-order valence-electron chi connectivity index (χ2n) is 1.47. The van der Waals surface area contributed by atoms with Crippen molar-refractivity contribution in [2.45, 2.75) is 6.92 Å². The minimum absolute atomic E-state index is 0. The van der Waals surface area contributed by atoms with Gasteiger partial charge in [0.1, 0.15) is 0 Å². The van der Waals surface area contributed by atoms with Crippen molar-refractivity contribution in [2.24, 2.45) is 0 Å². The molecule has 0 aliphatic rings. The molecule has 0 spiro atoms. The first-order chi connectivity index (χ1) is 4.04. The van der Waals surface area contributed by atoms with E-state index in [1.807, 2.05) is 0 Å². The van der Waals surface area contributed by atoms with Gasteiger partial charge in [-0.2, -0.15) is 0 Å². The van der Waals surface area contributed by atoms with E-state index in [0.29, 0.717) is 6.08 Å². The third kappa shape index (κ3) is 5.81. The van der Waals surface area contributed by atoms with Crippen LogP contribution in [0.1, 0.15) is 6.92 Å². The zero-order valence-corrected chi connectivity index (χ0v) is 4.79. The number of rotatable bonds is 2. The van der Waals surface area contributed by atoms with Gasteiger partial charge in [-0.1, -0.05) is 0 Å². The monoisotopic (exact) mass is 154 g/mol. The van der Waals surface area contributed by atoms with Crippen LogP contribution in [0.5, 0.6) is 0 Å². The van der Waals surface area contributed by atoms with Crippen molar-refractivity contribution in [1.82, 2.24) is 0 Å². The molecule has 2 N–H and O–H groups in total. The van der Waals surface area contributed by atoms with Gasteiger partial charge in [-0.3, -0.25) is 0 Å². The Bertz CT molecular complexity index is 172. The fourth-order valence-corrected chi connectivity index (χ4v) is 0.247. The second-order valence-corrected chi connectivity index (χ2v) is 1.47. The molecule has 0 heterocycles. The molecular formula is C5H7NaO4. The number of aliphatic carboxylic acids is 2. The van der Waals surface area contributed by atoms with E-state index in [-0.39, 0.29) is 35.1 Å². The Kier molecular flexibility index (Phi) is 6.76. The molecule has 4 nitrogen and oxygen atoms in total. The number of hydrogen-bond acceptors (Lipinski definition) is 2. The maximum atomic E-state index is 9.90. The first-order valence-corrected chi connectivity index (χ1v) is 2.18. The van der Waals surface area contributed by atoms with Gasteiger partial charge in [0.2, 0.25) is 0 Å². The van der Waals surface area contributed by atoms with Gasteiger partial charge in [-0.25, -0.2) is 9.59 Å². The van der Waals surface area contributed by atoms with Crippen LogP contribution in [0.3, 0.4) is 0 Å². The van der Waals surface area contributed by atoms with Gasteiger partial charge in [0.25, 0.3) is 0 Å². The summed E-state index contributed by atoms with van der Waals surface area (Å²) in [6, 6.07) is 0. The van der Waals surface area contributed by atoms with Crippen LogP contribution in [0.15, 0.2) is 11.6 Å². The average molecular weight is 154 g/mol. The fourth-order valence-electron chi connectivity index (χ4n) is 0.247. The molecule has 0 saturated heterocycles. The number of carboxylic acid groups (broad SMARTS) is 2. The van der Waals surface area contributed by atoms with Crippen molar-refractivity contribution >= 4 is 41.5 Å². The van der Waals surface area contributed by atoms with Gasteiger partial charge < -0.3 is 10.2 Å². The van der Waals surface area contributed by atoms with Crippen LogP contribution in [0.25, 0.3) is 0 Å². The summed E-state index contributed by atoms with van der Waals surface area (Å²) >= 11 is 0. The molecule has 0 saturated carbocycles. The van der Waals surface area contributed by atoms with Crippen molar-refractivity contribution in [3.05, 3.63) is 11.6 Å². The summed E-state index contributed by atoms with van der Waals surface area (Å²) in [6.45, 7) is 1.22. The Balaban J connectivity index is 0. The van der Waals surface area contributed by atoms with Crippen LogP contribution in [0.4, 0.5) is 0 Å². The van der Waals surface area contributed by atoms with Crippen molar-refractivity contribution in [3.63, 3.8) is 0 Å². The SMILES string of the molecule is C/C(=C\C(=O)O)C(=O)O.[NaH]. The van der Waals surface area contributed by atoms with Gasteiger partial charge in [0.05, 0.1) is 0 Å². The molecule has 0 aromatic heterocycles. The van der Waals surface area contributed by atoms with E-state index in [9.17, 15) is 9.59 Å². The zero-order chi connectivity index (χ0) is 7.44. The quantitative estimate of drug-likeness (QED) is 0.413. The van der Waals surface area contributed by atoms with Gasteiger partial charge in [-0.15, -0.1) is 0 Å². The zero-order valence-electron chi connectivity index (χ0n) is 4.79. The van der Waals surface area contributed by atoms with Gasteiger partial charge in [0.15, 0.2) is 0 Å². The number of carbonyl (C=O) groups is 2. The van der Waals surface area contributed by atoms with Crippen LogP contribution in [0, 0.1) is 0 Å². The summed E-state index contributed by atoms with van der Waals surface area (Å²) in [7, 11) is 0. The first kappa shape index (κ1) is 12.4. The Hall–Kier alpha value is -0.320. The standard InChI is InChI=1S/C5H6O4.Na.H/c1-3(5(8)9)2-4(6)7;;/h2H,1H3,(H,6,7)(H,8,9);;/b3-2+;;. The Morgan fingerprint density at radius 2 is 1.70 bits per heavy atom. The molecule has 0 amide bonds. The molecule has 0 radical (unpaired) electrons. The van der Waals surface area contributed by atoms with Crippen LogP contribution in [-0.4, -0.2) is 51.7 Å². The topological polar surface area (TPSA) is 74.6 Å². The molecule has 0 aromatic carbocycles. The molecule has 52 valence electrons. The predicted molar refractivity (Wildman–Crippen MR) is 36.2 cm³/mol. The van der Waals surface area contributed by atoms with Crippen molar-refractivity contribution in [2.75, 3.05) is 0 Å². The Morgan fingerprint density at radius 3 is 1.80 bits per heavy atom. The Labute approximate surface area is 79.8 Å². The van der Waals surface area contributed by atoms with E-state index in [2.05, 4.69) is 0 Å². The number of hydrogen-bond donors (Lipinski definition) is 2. The third-order valence-corrected chi connectivity index (χ3v) is 0.677. The average Bonchev–Trinajstić information content (AvgIpc) is 1.63. The minimum atomic E-state index is -1.24.